The van der Waals surface area contributed by atoms with E-state index in [0.29, 0.717) is 13.0 Å². The average molecular weight is 518 g/mol. The second-order valence-corrected chi connectivity index (χ2v) is 11.7. The van der Waals surface area contributed by atoms with Crippen molar-refractivity contribution in [3.63, 3.8) is 0 Å². The quantitative estimate of drug-likeness (QED) is 0.579. The van der Waals surface area contributed by atoms with Gasteiger partial charge in [-0.25, -0.2) is 9.97 Å². The minimum Gasteiger partial charge on any atom is -0.457 e. The number of esters is 1. The van der Waals surface area contributed by atoms with Gasteiger partial charge in [0.15, 0.2) is 0 Å². The molecular formula is C27H39N3O5S. The number of Topliss-reactive ketones (excluding diaryl/α,β-unsaturated/α-hetero) is 1. The first-order valence-electron chi connectivity index (χ1n) is 12.6. The standard InChI is InChI=1S/C27H39N3O5S/c1-16-8-7-10-30-11-9-28-23(30)13-21(17(2)12-20-15-36-19(4)29-20)35-24(32)14-22(31)27(5,6)26(34)18(3)25(16)33/h9,11-12,15-16,18,21-22,25,31,33H,7-8,10,13-14H2,1-6H3/b17-12+/t16-,18+,21-,22-,25-/m0/s1. The van der Waals surface area contributed by atoms with Gasteiger partial charge in [0.2, 0.25) is 0 Å². The molecule has 5 atom stereocenters. The molecule has 2 N–H and O–H groups in total. The second kappa shape index (κ2) is 11.8. The van der Waals surface area contributed by atoms with Crippen molar-refractivity contribution in [2.45, 2.75) is 92.1 Å². The van der Waals surface area contributed by atoms with Gasteiger partial charge >= 0.3 is 5.97 Å². The van der Waals surface area contributed by atoms with Gasteiger partial charge in [0, 0.05) is 36.7 Å². The lowest BCUT2D eigenvalue weighted by Crippen LogP contribution is -2.45. The highest BCUT2D eigenvalue weighted by Crippen LogP contribution is 2.32. The Morgan fingerprint density at radius 3 is 2.64 bits per heavy atom. The van der Waals surface area contributed by atoms with Crippen LogP contribution in [-0.2, 0) is 27.3 Å². The Kier molecular flexibility index (Phi) is 9.24. The number of cyclic esters (lactones) is 1. The summed E-state index contributed by atoms with van der Waals surface area (Å²) >= 11 is 1.55. The molecule has 3 rings (SSSR count). The van der Waals surface area contributed by atoms with Gasteiger partial charge < -0.3 is 19.5 Å². The van der Waals surface area contributed by atoms with E-state index >= 15 is 0 Å². The number of imidazole rings is 1. The third kappa shape index (κ3) is 6.69. The number of aromatic nitrogens is 3. The fraction of sp³-hybridized carbons (Fsp3) is 0.630. The van der Waals surface area contributed by atoms with E-state index in [1.54, 1.807) is 38.3 Å². The molecule has 0 spiro atoms. The van der Waals surface area contributed by atoms with Crippen molar-refractivity contribution in [2.75, 3.05) is 0 Å². The number of hydrogen-bond acceptors (Lipinski definition) is 8. The van der Waals surface area contributed by atoms with Crippen LogP contribution in [0.1, 0.15) is 70.4 Å². The molecule has 1 aliphatic rings. The number of thiazole rings is 1. The Morgan fingerprint density at radius 2 is 1.97 bits per heavy atom. The topological polar surface area (TPSA) is 115 Å². The molecule has 0 unspecified atom stereocenters. The summed E-state index contributed by atoms with van der Waals surface area (Å²) in [7, 11) is 0. The summed E-state index contributed by atoms with van der Waals surface area (Å²) in [5, 5.41) is 24.6. The Hall–Kier alpha value is -2.36. The number of ketones is 1. The van der Waals surface area contributed by atoms with Crippen LogP contribution in [0, 0.1) is 24.2 Å². The van der Waals surface area contributed by atoms with Gasteiger partial charge in [-0.15, -0.1) is 11.3 Å². The lowest BCUT2D eigenvalue weighted by atomic mass is 9.73. The van der Waals surface area contributed by atoms with E-state index in [4.69, 9.17) is 4.74 Å². The van der Waals surface area contributed by atoms with Crippen LogP contribution in [0.2, 0.25) is 0 Å². The number of ether oxygens (including phenoxy) is 1. The Labute approximate surface area is 217 Å². The van der Waals surface area contributed by atoms with Gasteiger partial charge in [-0.05, 0) is 44.3 Å². The number of aliphatic hydroxyl groups is 2. The molecule has 2 aromatic rings. The molecule has 0 bridgehead atoms. The first kappa shape index (κ1) is 28.2. The van der Waals surface area contributed by atoms with Crippen molar-refractivity contribution >= 4 is 29.2 Å². The SMILES string of the molecule is C/C(=C\c1csc(C)n1)[C@@H]1Cc2nccn2CCC[C@H](C)[C@H](O)[C@@H](C)C(=O)C(C)(C)[C@@H](O)CC(=O)O1. The number of fused-ring (bicyclic) bond motifs is 1. The predicted molar refractivity (Wildman–Crippen MR) is 139 cm³/mol. The van der Waals surface area contributed by atoms with Crippen LogP contribution < -0.4 is 0 Å². The van der Waals surface area contributed by atoms with E-state index in [-0.39, 0.29) is 18.1 Å². The zero-order valence-electron chi connectivity index (χ0n) is 22.1. The summed E-state index contributed by atoms with van der Waals surface area (Å²) in [5.74, 6) is -0.835. The number of nitrogens with zero attached hydrogens (tertiary/aromatic N) is 3. The first-order chi connectivity index (χ1) is 16.9. The fourth-order valence-corrected chi connectivity index (χ4v) is 5.31. The molecule has 0 aliphatic carbocycles. The first-order valence-corrected chi connectivity index (χ1v) is 13.5. The van der Waals surface area contributed by atoms with E-state index in [1.165, 1.54) is 0 Å². The summed E-state index contributed by atoms with van der Waals surface area (Å²) < 4.78 is 7.92. The minimum absolute atomic E-state index is 0.0961. The maximum atomic E-state index is 13.2. The summed E-state index contributed by atoms with van der Waals surface area (Å²) in [6.07, 6.45) is 4.44. The molecule has 0 fully saturated rings. The highest BCUT2D eigenvalue weighted by molar-refractivity contribution is 7.09. The lowest BCUT2D eigenvalue weighted by Gasteiger charge is -2.34. The molecule has 1 aliphatic heterocycles. The highest BCUT2D eigenvalue weighted by Gasteiger charge is 2.42. The monoisotopic (exact) mass is 517 g/mol. The van der Waals surface area contributed by atoms with Gasteiger partial charge in [-0.2, -0.15) is 0 Å². The minimum atomic E-state index is -1.25. The molecule has 0 saturated heterocycles. The number of aliphatic hydroxyl groups excluding tert-OH is 2. The molecule has 0 saturated carbocycles. The predicted octanol–water partition coefficient (Wildman–Crippen LogP) is 3.98. The van der Waals surface area contributed by atoms with Crippen LogP contribution in [0.3, 0.4) is 0 Å². The van der Waals surface area contributed by atoms with E-state index in [1.807, 2.05) is 43.0 Å². The second-order valence-electron chi connectivity index (χ2n) is 10.6. The van der Waals surface area contributed by atoms with E-state index in [0.717, 1.165) is 34.9 Å². The van der Waals surface area contributed by atoms with E-state index in [9.17, 15) is 19.8 Å². The van der Waals surface area contributed by atoms with E-state index in [2.05, 4.69) is 9.97 Å². The number of hydrogen-bond donors (Lipinski definition) is 2. The molecule has 198 valence electrons. The Bertz CT molecular complexity index is 1090. The van der Waals surface area contributed by atoms with Crippen molar-refractivity contribution < 1.29 is 24.5 Å². The molecule has 0 amide bonds. The van der Waals surface area contributed by atoms with Gasteiger partial charge in [-0.3, -0.25) is 9.59 Å². The highest BCUT2D eigenvalue weighted by atomic mass is 32.1. The molecule has 2 aromatic heterocycles. The lowest BCUT2D eigenvalue weighted by molar-refractivity contribution is -0.154. The summed E-state index contributed by atoms with van der Waals surface area (Å²) in [5.41, 5.74) is 0.402. The fourth-order valence-electron chi connectivity index (χ4n) is 4.74. The van der Waals surface area contributed by atoms with Crippen LogP contribution in [0.25, 0.3) is 6.08 Å². The number of rotatable bonds is 2. The van der Waals surface area contributed by atoms with E-state index < -0.39 is 35.6 Å². The van der Waals surface area contributed by atoms with Gasteiger partial charge in [0.25, 0.3) is 0 Å². The zero-order chi connectivity index (χ0) is 26.6. The molecule has 3 heterocycles. The maximum Gasteiger partial charge on any atom is 0.309 e. The Balaban J connectivity index is 1.93. The van der Waals surface area contributed by atoms with Gasteiger partial charge in [0.1, 0.15) is 17.7 Å². The number of carbonyl (C=O) groups is 2. The van der Waals surface area contributed by atoms with Crippen LogP contribution >= 0.6 is 11.3 Å². The van der Waals surface area contributed by atoms with Gasteiger partial charge in [0.05, 0.1) is 34.7 Å². The average Bonchev–Trinajstić information content (AvgIpc) is 3.44. The molecule has 0 aromatic carbocycles. The van der Waals surface area contributed by atoms with Crippen molar-refractivity contribution in [3.8, 4) is 0 Å². The van der Waals surface area contributed by atoms with Gasteiger partial charge in [-0.1, -0.05) is 27.7 Å². The third-order valence-corrected chi connectivity index (χ3v) is 8.15. The molecule has 36 heavy (non-hydrogen) atoms. The van der Waals surface area contributed by atoms with Crippen molar-refractivity contribution in [1.29, 1.82) is 0 Å². The normalized spacial score (nSPS) is 29.0. The van der Waals surface area contributed by atoms with Crippen LogP contribution in [0.4, 0.5) is 0 Å². The van der Waals surface area contributed by atoms with Crippen molar-refractivity contribution in [2.24, 2.45) is 17.3 Å². The number of aryl methyl sites for hydroxylation is 2. The summed E-state index contributed by atoms with van der Waals surface area (Å²) in [6, 6.07) is 0. The molecule has 9 heteroatoms. The van der Waals surface area contributed by atoms with Crippen LogP contribution in [0.5, 0.6) is 0 Å². The maximum absolute atomic E-state index is 13.2. The smallest absolute Gasteiger partial charge is 0.309 e. The zero-order valence-corrected chi connectivity index (χ0v) is 22.9. The Morgan fingerprint density at radius 1 is 1.25 bits per heavy atom. The summed E-state index contributed by atoms with van der Waals surface area (Å²) in [6.45, 7) is 11.4. The third-order valence-electron chi connectivity index (χ3n) is 7.36. The molecule has 8 nitrogen and oxygen atoms in total. The largest absolute Gasteiger partial charge is 0.457 e. The molecular weight excluding hydrogens is 478 g/mol. The van der Waals surface area contributed by atoms with Crippen molar-refractivity contribution in [3.05, 3.63) is 39.9 Å². The van der Waals surface area contributed by atoms with Crippen molar-refractivity contribution in [1.82, 2.24) is 14.5 Å². The number of carbonyl (C=O) groups excluding carboxylic acids is 2. The summed E-state index contributed by atoms with van der Waals surface area (Å²) in [4.78, 5) is 35.2. The van der Waals surface area contributed by atoms with Crippen LogP contribution in [0.15, 0.2) is 23.3 Å². The molecule has 0 radical (unpaired) electrons. The van der Waals surface area contributed by atoms with Crippen LogP contribution in [-0.4, -0.2) is 54.8 Å².